The molecule has 0 unspecified atom stereocenters. The fraction of sp³-hybridized carbons (Fsp3) is 0.846. The summed E-state index contributed by atoms with van der Waals surface area (Å²) in [5, 5.41) is 8.45. The van der Waals surface area contributed by atoms with E-state index in [2.05, 4.69) is 27.7 Å². The number of ketones is 1. The Morgan fingerprint density at radius 3 is 2.12 bits per heavy atom. The highest BCUT2D eigenvalue weighted by Crippen LogP contribution is 2.31. The number of hydrogen-bond donors (Lipinski definition) is 1. The fourth-order valence-electron chi connectivity index (χ4n) is 1.31. The maximum atomic E-state index is 11.5. The first kappa shape index (κ1) is 15.1. The molecule has 1 N–H and O–H groups in total. The Morgan fingerprint density at radius 1 is 1.12 bits per heavy atom. The minimum Gasteiger partial charge on any atom is -0.481 e. The molecule has 0 bridgehead atoms. The van der Waals surface area contributed by atoms with Crippen LogP contribution in [0, 0.1) is 11.3 Å². The standard InChI is InChI=1S/C13H24O3/c1-10(2)13(3,4)9-8-11(14)6-5-7-12(15)16/h10H,5-9H2,1-4H3,(H,15,16). The van der Waals surface area contributed by atoms with Gasteiger partial charge in [-0.1, -0.05) is 27.7 Å². The molecule has 0 spiro atoms. The Balaban J connectivity index is 3.77. The smallest absolute Gasteiger partial charge is 0.303 e. The van der Waals surface area contributed by atoms with Gasteiger partial charge in [0.1, 0.15) is 5.78 Å². The van der Waals surface area contributed by atoms with Crippen LogP contribution < -0.4 is 0 Å². The number of carboxylic acid groups (broad SMARTS) is 1. The minimum atomic E-state index is -0.824. The van der Waals surface area contributed by atoms with E-state index in [1.165, 1.54) is 0 Å². The van der Waals surface area contributed by atoms with Crippen molar-refractivity contribution in [2.45, 2.75) is 59.8 Å². The zero-order chi connectivity index (χ0) is 12.8. The quantitative estimate of drug-likeness (QED) is 0.693. The minimum absolute atomic E-state index is 0.0965. The summed E-state index contributed by atoms with van der Waals surface area (Å²) < 4.78 is 0. The topological polar surface area (TPSA) is 54.4 Å². The molecule has 0 fully saturated rings. The number of carbonyl (C=O) groups excluding carboxylic acids is 1. The maximum Gasteiger partial charge on any atom is 0.303 e. The molecule has 0 aliphatic heterocycles. The van der Waals surface area contributed by atoms with Crippen LogP contribution in [0.5, 0.6) is 0 Å². The first-order valence-electron chi connectivity index (χ1n) is 5.99. The summed E-state index contributed by atoms with van der Waals surface area (Å²) in [5.41, 5.74) is 0.183. The highest BCUT2D eigenvalue weighted by Gasteiger charge is 2.22. The highest BCUT2D eigenvalue weighted by atomic mass is 16.4. The lowest BCUT2D eigenvalue weighted by Crippen LogP contribution is -2.20. The lowest BCUT2D eigenvalue weighted by molar-refractivity contribution is -0.137. The lowest BCUT2D eigenvalue weighted by Gasteiger charge is -2.28. The number of carbonyl (C=O) groups is 2. The Bertz CT molecular complexity index is 242. The van der Waals surface area contributed by atoms with Crippen molar-refractivity contribution in [2.75, 3.05) is 0 Å². The van der Waals surface area contributed by atoms with Gasteiger partial charge in [0.25, 0.3) is 0 Å². The zero-order valence-electron chi connectivity index (χ0n) is 10.9. The molecule has 0 radical (unpaired) electrons. The van der Waals surface area contributed by atoms with Crippen molar-refractivity contribution in [2.24, 2.45) is 11.3 Å². The van der Waals surface area contributed by atoms with Crippen LogP contribution in [0.4, 0.5) is 0 Å². The van der Waals surface area contributed by atoms with E-state index in [1.54, 1.807) is 0 Å². The summed E-state index contributed by atoms with van der Waals surface area (Å²) in [6.07, 6.45) is 2.43. The molecule has 3 heteroatoms. The Hall–Kier alpha value is -0.860. The van der Waals surface area contributed by atoms with Crippen molar-refractivity contribution < 1.29 is 14.7 Å². The Labute approximate surface area is 98.2 Å². The van der Waals surface area contributed by atoms with Gasteiger partial charge in [-0.2, -0.15) is 0 Å². The van der Waals surface area contributed by atoms with E-state index >= 15 is 0 Å². The van der Waals surface area contributed by atoms with Crippen LogP contribution in [0.15, 0.2) is 0 Å². The monoisotopic (exact) mass is 228 g/mol. The van der Waals surface area contributed by atoms with Gasteiger partial charge in [0, 0.05) is 19.3 Å². The van der Waals surface area contributed by atoms with E-state index in [-0.39, 0.29) is 17.6 Å². The molecule has 0 aliphatic rings. The van der Waals surface area contributed by atoms with E-state index in [0.717, 1.165) is 6.42 Å². The summed E-state index contributed by atoms with van der Waals surface area (Å²) in [5.74, 6) is -0.0791. The van der Waals surface area contributed by atoms with E-state index in [9.17, 15) is 9.59 Å². The average Bonchev–Trinajstić information content (AvgIpc) is 2.14. The van der Waals surface area contributed by atoms with Gasteiger partial charge in [0.05, 0.1) is 0 Å². The first-order chi connectivity index (χ1) is 7.25. The largest absolute Gasteiger partial charge is 0.481 e. The summed E-state index contributed by atoms with van der Waals surface area (Å²) in [6.45, 7) is 8.66. The van der Waals surface area contributed by atoms with Crippen LogP contribution >= 0.6 is 0 Å². The summed E-state index contributed by atoms with van der Waals surface area (Å²) >= 11 is 0. The van der Waals surface area contributed by atoms with Gasteiger partial charge in [0.15, 0.2) is 0 Å². The van der Waals surface area contributed by atoms with Crippen LogP contribution in [0.2, 0.25) is 0 Å². The summed E-state index contributed by atoms with van der Waals surface area (Å²) in [6, 6.07) is 0. The predicted molar refractivity (Wildman–Crippen MR) is 64.3 cm³/mol. The molecule has 3 nitrogen and oxygen atoms in total. The van der Waals surface area contributed by atoms with Crippen LogP contribution in [0.3, 0.4) is 0 Å². The van der Waals surface area contributed by atoms with Crippen molar-refractivity contribution in [1.29, 1.82) is 0 Å². The molecular formula is C13H24O3. The number of Topliss-reactive ketones (excluding diaryl/α,β-unsaturated/α-hetero) is 1. The SMILES string of the molecule is CC(C)C(C)(C)CCC(=O)CCCC(=O)O. The summed E-state index contributed by atoms with van der Waals surface area (Å²) in [7, 11) is 0. The third-order valence-corrected chi connectivity index (χ3v) is 3.46. The van der Waals surface area contributed by atoms with Crippen LogP contribution in [0.25, 0.3) is 0 Å². The number of rotatable bonds is 8. The van der Waals surface area contributed by atoms with E-state index in [0.29, 0.717) is 25.2 Å². The molecule has 0 heterocycles. The molecule has 94 valence electrons. The molecule has 0 rings (SSSR count). The zero-order valence-corrected chi connectivity index (χ0v) is 10.9. The average molecular weight is 228 g/mol. The molecule has 0 aliphatic carbocycles. The van der Waals surface area contributed by atoms with Gasteiger partial charge in [-0.3, -0.25) is 9.59 Å². The lowest BCUT2D eigenvalue weighted by atomic mass is 9.77. The summed E-state index contributed by atoms with van der Waals surface area (Å²) in [4.78, 5) is 21.8. The van der Waals surface area contributed by atoms with Crippen LogP contribution in [-0.4, -0.2) is 16.9 Å². The second-order valence-electron chi connectivity index (χ2n) is 5.43. The predicted octanol–water partition coefficient (Wildman–Crippen LogP) is 3.27. The molecule has 0 aromatic carbocycles. The van der Waals surface area contributed by atoms with Gasteiger partial charge in [-0.25, -0.2) is 0 Å². The molecule has 0 amide bonds. The van der Waals surface area contributed by atoms with E-state index in [4.69, 9.17) is 5.11 Å². The van der Waals surface area contributed by atoms with Crippen molar-refractivity contribution in [1.82, 2.24) is 0 Å². The molecule has 0 atom stereocenters. The highest BCUT2D eigenvalue weighted by molar-refractivity contribution is 5.79. The van der Waals surface area contributed by atoms with Gasteiger partial charge < -0.3 is 5.11 Å². The first-order valence-corrected chi connectivity index (χ1v) is 5.99. The number of aliphatic carboxylic acids is 1. The van der Waals surface area contributed by atoms with Gasteiger partial charge in [-0.05, 0) is 24.2 Å². The third kappa shape index (κ3) is 6.59. The normalized spacial score (nSPS) is 11.8. The van der Waals surface area contributed by atoms with Gasteiger partial charge in [-0.15, -0.1) is 0 Å². The van der Waals surface area contributed by atoms with Gasteiger partial charge >= 0.3 is 5.97 Å². The van der Waals surface area contributed by atoms with Crippen molar-refractivity contribution in [3.63, 3.8) is 0 Å². The Morgan fingerprint density at radius 2 is 1.69 bits per heavy atom. The second kappa shape index (κ2) is 6.66. The molecule has 0 saturated heterocycles. The van der Waals surface area contributed by atoms with Crippen molar-refractivity contribution in [3.05, 3.63) is 0 Å². The van der Waals surface area contributed by atoms with E-state index in [1.807, 2.05) is 0 Å². The molecular weight excluding hydrogens is 204 g/mol. The van der Waals surface area contributed by atoms with Crippen molar-refractivity contribution in [3.8, 4) is 0 Å². The van der Waals surface area contributed by atoms with E-state index < -0.39 is 5.97 Å². The number of carboxylic acids is 1. The third-order valence-electron chi connectivity index (χ3n) is 3.46. The van der Waals surface area contributed by atoms with Gasteiger partial charge in [0.2, 0.25) is 0 Å². The molecule has 16 heavy (non-hydrogen) atoms. The number of hydrogen-bond acceptors (Lipinski definition) is 2. The van der Waals surface area contributed by atoms with Crippen molar-refractivity contribution >= 4 is 11.8 Å². The Kier molecular flexibility index (Phi) is 6.31. The van der Waals surface area contributed by atoms with Crippen LogP contribution in [-0.2, 0) is 9.59 Å². The molecule has 0 aromatic heterocycles. The second-order valence-corrected chi connectivity index (χ2v) is 5.43. The molecule has 0 aromatic rings. The molecule has 0 saturated carbocycles. The van der Waals surface area contributed by atoms with Crippen LogP contribution in [0.1, 0.15) is 59.8 Å². The fourth-order valence-corrected chi connectivity index (χ4v) is 1.31. The maximum absolute atomic E-state index is 11.5.